The lowest BCUT2D eigenvalue weighted by molar-refractivity contribution is -0.141. The molecule has 0 amide bonds. The molecule has 0 spiro atoms. The highest BCUT2D eigenvalue weighted by atomic mass is 32.1. The van der Waals surface area contributed by atoms with E-state index in [-0.39, 0.29) is 16.7 Å². The Kier molecular flexibility index (Phi) is 3.87. The van der Waals surface area contributed by atoms with Gasteiger partial charge in [0.05, 0.1) is 5.56 Å². The highest BCUT2D eigenvalue weighted by molar-refractivity contribution is 7.80. The molecule has 4 nitrogen and oxygen atoms in total. The molecule has 8 heteroatoms. The number of carbonyl (C=O) groups is 1. The topological polar surface area (TPSA) is 47.8 Å². The van der Waals surface area contributed by atoms with Crippen LogP contribution in [0.2, 0.25) is 0 Å². The number of hydrogen-bond donors (Lipinski definition) is 1. The van der Waals surface area contributed by atoms with Crippen molar-refractivity contribution in [1.29, 1.82) is 0 Å². The summed E-state index contributed by atoms with van der Waals surface area (Å²) in [6.07, 6.45) is -4.76. The van der Waals surface area contributed by atoms with Gasteiger partial charge in [0.25, 0.3) is 0 Å². The predicted molar refractivity (Wildman–Crippen MR) is 85.4 cm³/mol. The third-order valence-corrected chi connectivity index (χ3v) is 4.12. The third-order valence-electron chi connectivity index (χ3n) is 3.73. The van der Waals surface area contributed by atoms with Crippen LogP contribution in [0.1, 0.15) is 27.4 Å². The van der Waals surface area contributed by atoms with Gasteiger partial charge in [0.15, 0.2) is 17.1 Å². The minimum Gasteiger partial charge on any atom is -0.316 e. The van der Waals surface area contributed by atoms with Crippen LogP contribution in [0.3, 0.4) is 0 Å². The number of carbonyl (C=O) groups excluding carboxylic acids is 1. The lowest BCUT2D eigenvalue weighted by atomic mass is 10.0. The molecule has 3 aromatic rings. The van der Waals surface area contributed by atoms with Crippen molar-refractivity contribution in [2.75, 3.05) is 0 Å². The Hall–Kier alpha value is -2.35. The molecular formula is C16H12F3N3OS. The van der Waals surface area contributed by atoms with E-state index >= 15 is 0 Å². The number of benzene rings is 1. The first kappa shape index (κ1) is 16.5. The predicted octanol–water partition coefficient (Wildman–Crippen LogP) is 3.82. The molecule has 2 aromatic heterocycles. The van der Waals surface area contributed by atoms with Crippen LogP contribution < -0.4 is 0 Å². The van der Waals surface area contributed by atoms with Crippen LogP contribution in [0.4, 0.5) is 13.2 Å². The smallest absolute Gasteiger partial charge is 0.316 e. The molecule has 0 fully saturated rings. The molecule has 24 heavy (non-hydrogen) atoms. The Labute approximate surface area is 140 Å². The summed E-state index contributed by atoms with van der Waals surface area (Å²) < 4.78 is 41.7. The van der Waals surface area contributed by atoms with Gasteiger partial charge in [-0.1, -0.05) is 12.1 Å². The number of halogens is 3. The van der Waals surface area contributed by atoms with Gasteiger partial charge in [-0.2, -0.15) is 13.2 Å². The Bertz CT molecular complexity index is 963. The van der Waals surface area contributed by atoms with Gasteiger partial charge in [-0.05, 0) is 25.1 Å². The van der Waals surface area contributed by atoms with Crippen LogP contribution in [0.25, 0.3) is 11.2 Å². The van der Waals surface area contributed by atoms with Gasteiger partial charge < -0.3 is 4.57 Å². The maximum absolute atomic E-state index is 13.4. The Morgan fingerprint density at radius 2 is 1.83 bits per heavy atom. The fraction of sp³-hybridized carbons (Fsp3) is 0.188. The van der Waals surface area contributed by atoms with Gasteiger partial charge >= 0.3 is 6.18 Å². The average molecular weight is 351 g/mol. The standard InChI is InChI=1S/C16H12F3N3OS/c1-8-20-11-7-10(13(23)9-5-3-4-6-12(9)24)14(16(17,18)19)21-15(11)22(8)2/h3-7,24H,1-2H3. The lowest BCUT2D eigenvalue weighted by Crippen LogP contribution is -2.17. The van der Waals surface area contributed by atoms with Crippen LogP contribution in [-0.2, 0) is 13.2 Å². The van der Waals surface area contributed by atoms with E-state index in [1.807, 2.05) is 0 Å². The van der Waals surface area contributed by atoms with Crippen molar-refractivity contribution in [3.8, 4) is 0 Å². The summed E-state index contributed by atoms with van der Waals surface area (Å²) in [7, 11) is 1.57. The van der Waals surface area contributed by atoms with E-state index < -0.39 is 23.2 Å². The maximum atomic E-state index is 13.4. The summed E-state index contributed by atoms with van der Waals surface area (Å²) >= 11 is 4.15. The number of rotatable bonds is 2. The maximum Gasteiger partial charge on any atom is 0.434 e. The van der Waals surface area contributed by atoms with Crippen LogP contribution in [0.15, 0.2) is 35.2 Å². The van der Waals surface area contributed by atoms with Crippen LogP contribution in [0, 0.1) is 6.92 Å². The van der Waals surface area contributed by atoms with E-state index in [2.05, 4.69) is 22.6 Å². The number of imidazole rings is 1. The number of hydrogen-bond acceptors (Lipinski definition) is 4. The summed E-state index contributed by atoms with van der Waals surface area (Å²) in [5.41, 5.74) is -1.35. The van der Waals surface area contributed by atoms with Crippen molar-refractivity contribution in [1.82, 2.24) is 14.5 Å². The molecule has 0 unspecified atom stereocenters. The molecule has 0 bridgehead atoms. The summed E-state index contributed by atoms with van der Waals surface area (Å²) in [4.78, 5) is 20.8. The van der Waals surface area contributed by atoms with Gasteiger partial charge in [0, 0.05) is 17.5 Å². The second kappa shape index (κ2) is 5.62. The van der Waals surface area contributed by atoms with Crippen molar-refractivity contribution in [3.05, 3.63) is 53.0 Å². The molecule has 1 aromatic carbocycles. The number of nitrogens with zero attached hydrogens (tertiary/aromatic N) is 3. The Morgan fingerprint density at radius 1 is 1.17 bits per heavy atom. The number of fused-ring (bicyclic) bond motifs is 1. The monoisotopic (exact) mass is 351 g/mol. The Morgan fingerprint density at radius 3 is 2.46 bits per heavy atom. The number of pyridine rings is 1. The quantitative estimate of drug-likeness (QED) is 0.564. The minimum absolute atomic E-state index is 0.0792. The normalized spacial score (nSPS) is 11.9. The zero-order chi connectivity index (χ0) is 17.6. The largest absolute Gasteiger partial charge is 0.434 e. The van der Waals surface area contributed by atoms with E-state index in [0.29, 0.717) is 10.7 Å². The molecule has 0 radical (unpaired) electrons. The summed E-state index contributed by atoms with van der Waals surface area (Å²) in [6.45, 7) is 1.65. The van der Waals surface area contributed by atoms with Gasteiger partial charge in [0.2, 0.25) is 0 Å². The van der Waals surface area contributed by atoms with Crippen LogP contribution in [-0.4, -0.2) is 20.3 Å². The molecule has 0 aliphatic carbocycles. The van der Waals surface area contributed by atoms with E-state index in [1.165, 1.54) is 10.6 Å². The van der Waals surface area contributed by atoms with E-state index in [9.17, 15) is 18.0 Å². The van der Waals surface area contributed by atoms with E-state index in [4.69, 9.17) is 0 Å². The highest BCUT2D eigenvalue weighted by Gasteiger charge is 2.38. The van der Waals surface area contributed by atoms with Gasteiger partial charge in [0.1, 0.15) is 11.3 Å². The van der Waals surface area contributed by atoms with Crippen LogP contribution >= 0.6 is 12.6 Å². The molecule has 0 atom stereocenters. The number of aryl methyl sites for hydroxylation is 2. The van der Waals surface area contributed by atoms with Gasteiger partial charge in [-0.25, -0.2) is 9.97 Å². The van der Waals surface area contributed by atoms with Crippen molar-refractivity contribution in [2.24, 2.45) is 7.05 Å². The van der Waals surface area contributed by atoms with E-state index in [1.54, 1.807) is 32.2 Å². The summed E-state index contributed by atoms with van der Waals surface area (Å²) in [5.74, 6) is -0.282. The SMILES string of the molecule is Cc1nc2cc(C(=O)c3ccccc3S)c(C(F)(F)F)nc2n1C. The van der Waals surface area contributed by atoms with Crippen molar-refractivity contribution in [2.45, 2.75) is 18.0 Å². The second-order valence-electron chi connectivity index (χ2n) is 5.29. The fourth-order valence-corrected chi connectivity index (χ4v) is 2.69. The van der Waals surface area contributed by atoms with Crippen molar-refractivity contribution >= 4 is 29.6 Å². The van der Waals surface area contributed by atoms with Crippen molar-refractivity contribution in [3.63, 3.8) is 0 Å². The summed E-state index contributed by atoms with van der Waals surface area (Å²) in [5, 5.41) is 0. The third kappa shape index (κ3) is 2.66. The molecular weight excluding hydrogens is 339 g/mol. The van der Waals surface area contributed by atoms with E-state index in [0.717, 1.165) is 6.07 Å². The first-order valence-electron chi connectivity index (χ1n) is 6.94. The zero-order valence-corrected chi connectivity index (χ0v) is 13.6. The van der Waals surface area contributed by atoms with Crippen molar-refractivity contribution < 1.29 is 18.0 Å². The van der Waals surface area contributed by atoms with Crippen LogP contribution in [0.5, 0.6) is 0 Å². The number of alkyl halides is 3. The molecule has 2 heterocycles. The molecule has 3 rings (SSSR count). The molecule has 0 saturated carbocycles. The molecule has 124 valence electrons. The highest BCUT2D eigenvalue weighted by Crippen LogP contribution is 2.34. The van der Waals surface area contributed by atoms with Gasteiger partial charge in [-0.3, -0.25) is 4.79 Å². The molecule has 0 N–H and O–H groups in total. The molecule has 0 aliphatic rings. The molecule has 0 aliphatic heterocycles. The van der Waals surface area contributed by atoms with Gasteiger partial charge in [-0.15, -0.1) is 12.6 Å². The lowest BCUT2D eigenvalue weighted by Gasteiger charge is -2.12. The number of thiol groups is 1. The first-order chi connectivity index (χ1) is 11.2. The summed E-state index contributed by atoms with van der Waals surface area (Å²) in [6, 6.07) is 7.32. The second-order valence-corrected chi connectivity index (χ2v) is 5.77. The number of ketones is 1. The average Bonchev–Trinajstić information content (AvgIpc) is 2.79. The Balaban J connectivity index is 2.30. The number of aromatic nitrogens is 3. The zero-order valence-electron chi connectivity index (χ0n) is 12.7. The fourth-order valence-electron chi connectivity index (χ4n) is 2.42. The first-order valence-corrected chi connectivity index (χ1v) is 7.39. The molecule has 0 saturated heterocycles. The minimum atomic E-state index is -4.76.